The molecule has 0 saturated heterocycles. The van der Waals surface area contributed by atoms with Crippen molar-refractivity contribution in [1.82, 2.24) is 10.2 Å². The van der Waals surface area contributed by atoms with Gasteiger partial charge in [-0.3, -0.25) is 13.9 Å². The lowest BCUT2D eigenvalue weighted by molar-refractivity contribution is -0.140. The average Bonchev–Trinajstić information content (AvgIpc) is 3.00. The third-order valence-electron chi connectivity index (χ3n) is 6.75. The van der Waals surface area contributed by atoms with Crippen molar-refractivity contribution in [1.29, 1.82) is 0 Å². The predicted octanol–water partition coefficient (Wildman–Crippen LogP) is 4.76. The summed E-state index contributed by atoms with van der Waals surface area (Å²) in [6, 6.07) is 17.2. The third kappa shape index (κ3) is 8.00. The first-order chi connectivity index (χ1) is 20.2. The number of nitrogens with zero attached hydrogens (tertiary/aromatic N) is 2. The molecule has 0 saturated carbocycles. The van der Waals surface area contributed by atoms with E-state index in [0.717, 1.165) is 17.1 Å². The highest BCUT2D eigenvalue weighted by Gasteiger charge is 2.34. The van der Waals surface area contributed by atoms with E-state index in [2.05, 4.69) is 5.32 Å². The molecule has 1 atom stereocenters. The van der Waals surface area contributed by atoms with Crippen LogP contribution in [0.15, 0.2) is 77.7 Å². The Labute approximate surface area is 247 Å². The average molecular weight is 600 g/mol. The second kappa shape index (κ2) is 15.2. The van der Waals surface area contributed by atoms with Crippen molar-refractivity contribution in [3.63, 3.8) is 0 Å². The van der Waals surface area contributed by atoms with Crippen LogP contribution < -0.4 is 19.1 Å². The van der Waals surface area contributed by atoms with Gasteiger partial charge in [-0.05, 0) is 54.8 Å². The third-order valence-corrected chi connectivity index (χ3v) is 8.52. The van der Waals surface area contributed by atoms with Crippen LogP contribution in [0.3, 0.4) is 0 Å². The number of halogens is 1. The van der Waals surface area contributed by atoms with Crippen molar-refractivity contribution in [3.8, 4) is 11.5 Å². The SMILES string of the molecule is CCCCNC(=O)[C@H](CC)N(Cc1ccc(F)cc1)C(=O)CN(c1ccccc1)S(=O)(=O)c1ccc(OC)c(OC)c1. The normalized spacial score (nSPS) is 11.8. The zero-order valence-electron chi connectivity index (χ0n) is 24.4. The Balaban J connectivity index is 2.04. The first-order valence-electron chi connectivity index (χ1n) is 13.8. The molecule has 3 rings (SSSR count). The number of nitrogens with one attached hydrogen (secondary N) is 1. The highest BCUT2D eigenvalue weighted by Crippen LogP contribution is 2.32. The maximum absolute atomic E-state index is 14.1. The molecule has 9 nitrogen and oxygen atoms in total. The summed E-state index contributed by atoms with van der Waals surface area (Å²) in [7, 11) is -1.45. The molecule has 0 bridgehead atoms. The quantitative estimate of drug-likeness (QED) is 0.253. The second-order valence-electron chi connectivity index (χ2n) is 9.58. The van der Waals surface area contributed by atoms with Crippen molar-refractivity contribution in [2.75, 3.05) is 31.6 Å². The number of ether oxygens (including phenoxy) is 2. The van der Waals surface area contributed by atoms with Crippen LogP contribution in [0.5, 0.6) is 11.5 Å². The standard InChI is InChI=1S/C31H38FN3O6S/c1-5-7-19-33-31(37)27(6-2)34(21-23-13-15-24(32)16-14-23)30(36)22-35(25-11-9-8-10-12-25)42(38,39)26-17-18-28(40-3)29(20-26)41-4/h8-18,20,27H,5-7,19,21-22H2,1-4H3,(H,33,37)/t27-/m0/s1. The molecule has 0 aromatic heterocycles. The monoisotopic (exact) mass is 599 g/mol. The maximum Gasteiger partial charge on any atom is 0.264 e. The van der Waals surface area contributed by atoms with E-state index in [-0.39, 0.29) is 28.8 Å². The molecule has 1 N–H and O–H groups in total. The molecule has 2 amide bonds. The van der Waals surface area contributed by atoms with Gasteiger partial charge in [-0.25, -0.2) is 12.8 Å². The van der Waals surface area contributed by atoms with Gasteiger partial charge in [-0.15, -0.1) is 0 Å². The Morgan fingerprint density at radius 2 is 1.60 bits per heavy atom. The minimum atomic E-state index is -4.29. The summed E-state index contributed by atoms with van der Waals surface area (Å²) in [6.07, 6.45) is 1.95. The van der Waals surface area contributed by atoms with E-state index in [4.69, 9.17) is 9.47 Å². The number of para-hydroxylation sites is 1. The number of carbonyl (C=O) groups is 2. The van der Waals surface area contributed by atoms with Gasteiger partial charge in [-0.2, -0.15) is 0 Å². The van der Waals surface area contributed by atoms with E-state index in [1.807, 2.05) is 6.92 Å². The van der Waals surface area contributed by atoms with Gasteiger partial charge in [0.1, 0.15) is 18.4 Å². The summed E-state index contributed by atoms with van der Waals surface area (Å²) in [5.41, 5.74) is 0.862. The van der Waals surface area contributed by atoms with Crippen LogP contribution in [0.1, 0.15) is 38.7 Å². The Hall–Kier alpha value is -4.12. The van der Waals surface area contributed by atoms with Gasteiger partial charge >= 0.3 is 0 Å². The molecule has 0 fully saturated rings. The van der Waals surface area contributed by atoms with E-state index in [0.29, 0.717) is 24.3 Å². The first kappa shape index (κ1) is 32.4. The zero-order valence-corrected chi connectivity index (χ0v) is 25.2. The van der Waals surface area contributed by atoms with E-state index in [1.165, 1.54) is 61.6 Å². The van der Waals surface area contributed by atoms with Crippen LogP contribution >= 0.6 is 0 Å². The van der Waals surface area contributed by atoms with Crippen LogP contribution in [0.4, 0.5) is 10.1 Å². The largest absolute Gasteiger partial charge is 0.493 e. The number of anilines is 1. The summed E-state index contributed by atoms with van der Waals surface area (Å²) < 4.78 is 53.3. The molecule has 0 heterocycles. The van der Waals surface area contributed by atoms with Crippen LogP contribution in [0.2, 0.25) is 0 Å². The molecule has 0 aliphatic carbocycles. The molecular formula is C31H38FN3O6S. The van der Waals surface area contributed by atoms with E-state index in [1.54, 1.807) is 37.3 Å². The predicted molar refractivity (Wildman–Crippen MR) is 159 cm³/mol. The molecule has 0 spiro atoms. The lowest BCUT2D eigenvalue weighted by atomic mass is 10.1. The van der Waals surface area contributed by atoms with Gasteiger partial charge in [0.15, 0.2) is 11.5 Å². The topological polar surface area (TPSA) is 105 Å². The fourth-order valence-electron chi connectivity index (χ4n) is 4.44. The Kier molecular flexibility index (Phi) is 11.7. The van der Waals surface area contributed by atoms with Crippen molar-refractivity contribution in [3.05, 3.63) is 84.2 Å². The summed E-state index contributed by atoms with van der Waals surface area (Å²) in [5, 5.41) is 2.88. The zero-order chi connectivity index (χ0) is 30.7. The fraction of sp³-hybridized carbons (Fsp3) is 0.355. The number of benzene rings is 3. The second-order valence-corrected chi connectivity index (χ2v) is 11.4. The molecule has 3 aromatic carbocycles. The van der Waals surface area contributed by atoms with Gasteiger partial charge in [0.05, 0.1) is 24.8 Å². The van der Waals surface area contributed by atoms with E-state index >= 15 is 0 Å². The van der Waals surface area contributed by atoms with Gasteiger partial charge in [0.2, 0.25) is 11.8 Å². The molecule has 11 heteroatoms. The lowest BCUT2D eigenvalue weighted by Crippen LogP contribution is -2.52. The van der Waals surface area contributed by atoms with Crippen LogP contribution in [0.25, 0.3) is 0 Å². The minimum Gasteiger partial charge on any atom is -0.493 e. The van der Waals surface area contributed by atoms with E-state index in [9.17, 15) is 22.4 Å². The number of carbonyl (C=O) groups excluding carboxylic acids is 2. The first-order valence-corrected chi connectivity index (χ1v) is 15.2. The van der Waals surface area contributed by atoms with Crippen molar-refractivity contribution >= 4 is 27.5 Å². The number of sulfonamides is 1. The molecule has 0 aliphatic heterocycles. The molecule has 3 aromatic rings. The molecule has 0 unspecified atom stereocenters. The van der Waals surface area contributed by atoms with Crippen molar-refractivity contribution in [2.45, 2.75) is 50.6 Å². The Bertz CT molecular complexity index is 1430. The van der Waals surface area contributed by atoms with Gasteiger partial charge < -0.3 is 19.7 Å². The summed E-state index contributed by atoms with van der Waals surface area (Å²) in [6.45, 7) is 3.64. The molecule has 0 radical (unpaired) electrons. The van der Waals surface area contributed by atoms with Gasteiger partial charge in [0, 0.05) is 19.2 Å². The van der Waals surface area contributed by atoms with Gasteiger partial charge in [-0.1, -0.05) is 50.6 Å². The van der Waals surface area contributed by atoms with E-state index < -0.39 is 34.3 Å². The number of amides is 2. The number of hydrogen-bond acceptors (Lipinski definition) is 6. The number of hydrogen-bond donors (Lipinski definition) is 1. The minimum absolute atomic E-state index is 0.0160. The summed E-state index contributed by atoms with van der Waals surface area (Å²) in [4.78, 5) is 28.5. The number of methoxy groups -OCH3 is 2. The van der Waals surface area contributed by atoms with Crippen LogP contribution in [0, 0.1) is 5.82 Å². The summed E-state index contributed by atoms with van der Waals surface area (Å²) in [5.74, 6) is -0.799. The van der Waals surface area contributed by atoms with Crippen molar-refractivity contribution in [2.24, 2.45) is 0 Å². The Morgan fingerprint density at radius 3 is 2.19 bits per heavy atom. The summed E-state index contributed by atoms with van der Waals surface area (Å²) >= 11 is 0. The smallest absolute Gasteiger partial charge is 0.264 e. The van der Waals surface area contributed by atoms with Crippen LogP contribution in [-0.2, 0) is 26.2 Å². The number of unbranched alkanes of at least 4 members (excludes halogenated alkanes) is 1. The highest BCUT2D eigenvalue weighted by atomic mass is 32.2. The van der Waals surface area contributed by atoms with Crippen molar-refractivity contribution < 1.29 is 31.9 Å². The molecular weight excluding hydrogens is 561 g/mol. The van der Waals surface area contributed by atoms with Crippen LogP contribution in [-0.4, -0.2) is 58.5 Å². The maximum atomic E-state index is 14.1. The lowest BCUT2D eigenvalue weighted by Gasteiger charge is -2.33. The van der Waals surface area contributed by atoms with Gasteiger partial charge in [0.25, 0.3) is 10.0 Å². The molecule has 42 heavy (non-hydrogen) atoms. The number of rotatable bonds is 15. The molecule has 0 aliphatic rings. The Morgan fingerprint density at radius 1 is 0.929 bits per heavy atom. The molecule has 226 valence electrons. The fourth-order valence-corrected chi connectivity index (χ4v) is 5.87. The highest BCUT2D eigenvalue weighted by molar-refractivity contribution is 7.92.